The first-order valence-corrected chi connectivity index (χ1v) is 11.0. The number of fused-ring (bicyclic) bond motifs is 2. The number of Topliss-reactive ketones (excluding diaryl/α,β-unsaturated/α-hetero) is 1. The highest BCUT2D eigenvalue weighted by Crippen LogP contribution is 2.28. The number of ketones is 1. The van der Waals surface area contributed by atoms with Crippen LogP contribution in [0.25, 0.3) is 10.8 Å². The first-order chi connectivity index (χ1) is 16.0. The first-order valence-electron chi connectivity index (χ1n) is 11.0. The van der Waals surface area contributed by atoms with Gasteiger partial charge in [0.25, 0.3) is 5.91 Å². The molecule has 2 N–H and O–H groups in total. The van der Waals surface area contributed by atoms with Crippen molar-refractivity contribution in [3.8, 4) is 5.75 Å². The van der Waals surface area contributed by atoms with Gasteiger partial charge >= 0.3 is 0 Å². The van der Waals surface area contributed by atoms with E-state index in [0.717, 1.165) is 10.8 Å². The second kappa shape index (κ2) is 8.67. The quantitative estimate of drug-likeness (QED) is 0.630. The van der Waals surface area contributed by atoms with Crippen LogP contribution in [0, 0.1) is 0 Å². The molecule has 3 aromatic carbocycles. The van der Waals surface area contributed by atoms with Crippen LogP contribution in [-0.2, 0) is 20.7 Å². The molecule has 5 rings (SSSR count). The summed E-state index contributed by atoms with van der Waals surface area (Å²) in [6.07, 6.45) is 0.502. The molecule has 3 atom stereocenters. The summed E-state index contributed by atoms with van der Waals surface area (Å²) in [4.78, 5) is 40.8. The highest BCUT2D eigenvalue weighted by atomic mass is 16.5. The van der Waals surface area contributed by atoms with Crippen LogP contribution in [0.3, 0.4) is 0 Å². The van der Waals surface area contributed by atoms with Crippen molar-refractivity contribution in [2.24, 2.45) is 0 Å². The normalized spacial score (nSPS) is 20.6. The molecular formula is C26H24N2O5. The van der Waals surface area contributed by atoms with E-state index in [0.29, 0.717) is 24.1 Å². The lowest BCUT2D eigenvalue weighted by Crippen LogP contribution is -2.53. The Kier molecular flexibility index (Phi) is 5.56. The number of nitrogens with one attached hydrogen (secondary N) is 1. The van der Waals surface area contributed by atoms with Gasteiger partial charge in [-0.25, -0.2) is 0 Å². The maximum absolute atomic E-state index is 13.6. The number of hydrogen-bond donors (Lipinski definition) is 2. The van der Waals surface area contributed by atoms with Crippen molar-refractivity contribution in [1.29, 1.82) is 0 Å². The molecule has 0 bridgehead atoms. The third kappa shape index (κ3) is 4.07. The van der Waals surface area contributed by atoms with Crippen molar-refractivity contribution in [3.63, 3.8) is 0 Å². The summed E-state index contributed by atoms with van der Waals surface area (Å²) >= 11 is 0. The molecule has 3 aromatic rings. The van der Waals surface area contributed by atoms with E-state index < -0.39 is 12.1 Å². The Morgan fingerprint density at radius 1 is 1.09 bits per heavy atom. The molecule has 2 fully saturated rings. The zero-order valence-electron chi connectivity index (χ0n) is 17.9. The number of carbonyl (C=O) groups excluding carboxylic acids is 3. The van der Waals surface area contributed by atoms with Gasteiger partial charge in [-0.2, -0.15) is 0 Å². The number of phenols is 1. The molecule has 2 heterocycles. The summed E-state index contributed by atoms with van der Waals surface area (Å²) in [6.45, 7) is 0.416. The second-order valence-electron chi connectivity index (χ2n) is 8.51. The molecule has 2 saturated heterocycles. The summed E-state index contributed by atoms with van der Waals surface area (Å²) in [5, 5.41) is 14.5. The largest absolute Gasteiger partial charge is 0.508 e. The van der Waals surface area contributed by atoms with Crippen molar-refractivity contribution in [1.82, 2.24) is 10.2 Å². The summed E-state index contributed by atoms with van der Waals surface area (Å²) in [6, 6.07) is 18.1. The van der Waals surface area contributed by atoms with Gasteiger partial charge < -0.3 is 20.1 Å². The van der Waals surface area contributed by atoms with Crippen molar-refractivity contribution < 1.29 is 24.2 Å². The van der Waals surface area contributed by atoms with Gasteiger partial charge in [-0.3, -0.25) is 14.4 Å². The molecule has 0 radical (unpaired) electrons. The molecule has 2 aliphatic rings. The van der Waals surface area contributed by atoms with E-state index >= 15 is 0 Å². The van der Waals surface area contributed by atoms with E-state index in [1.165, 1.54) is 4.90 Å². The molecule has 0 aromatic heterocycles. The van der Waals surface area contributed by atoms with E-state index in [2.05, 4.69) is 5.32 Å². The molecule has 0 aliphatic carbocycles. The van der Waals surface area contributed by atoms with Crippen molar-refractivity contribution in [2.45, 2.75) is 31.0 Å². The molecule has 33 heavy (non-hydrogen) atoms. The van der Waals surface area contributed by atoms with Crippen LogP contribution in [-0.4, -0.2) is 58.9 Å². The number of aromatic hydroxyl groups is 1. The average molecular weight is 444 g/mol. The van der Waals surface area contributed by atoms with Crippen LogP contribution in [0.5, 0.6) is 5.75 Å². The highest BCUT2D eigenvalue weighted by molar-refractivity contribution is 6.08. The van der Waals surface area contributed by atoms with Gasteiger partial charge in [0.15, 0.2) is 5.78 Å². The van der Waals surface area contributed by atoms with Crippen LogP contribution in [0.2, 0.25) is 0 Å². The Hall–Kier alpha value is -3.71. The molecule has 0 saturated carbocycles. The van der Waals surface area contributed by atoms with E-state index in [1.807, 2.05) is 36.4 Å². The SMILES string of the molecule is O=C(NC(Cc1cccc(O)c1)C(=O)N1CCC2OCC(=O)C21)c1cccc2ccccc12. The van der Waals surface area contributed by atoms with Gasteiger partial charge in [-0.05, 0) is 41.0 Å². The van der Waals surface area contributed by atoms with Gasteiger partial charge in [-0.1, -0.05) is 48.5 Å². The zero-order valence-corrected chi connectivity index (χ0v) is 17.9. The maximum Gasteiger partial charge on any atom is 0.252 e. The number of amides is 2. The van der Waals surface area contributed by atoms with E-state index in [4.69, 9.17) is 4.74 Å². The number of phenolic OH excluding ortho intramolecular Hbond substituents is 1. The average Bonchev–Trinajstić information content (AvgIpc) is 3.41. The Morgan fingerprint density at radius 3 is 2.73 bits per heavy atom. The van der Waals surface area contributed by atoms with Gasteiger partial charge in [0.1, 0.15) is 24.4 Å². The molecule has 0 spiro atoms. The number of hydrogen-bond acceptors (Lipinski definition) is 5. The molecule has 2 aliphatic heterocycles. The Morgan fingerprint density at radius 2 is 1.88 bits per heavy atom. The predicted octanol–water partition coefficient (Wildman–Crippen LogP) is 2.46. The third-order valence-electron chi connectivity index (χ3n) is 6.38. The maximum atomic E-state index is 13.6. The van der Waals surface area contributed by atoms with Crippen molar-refractivity contribution in [3.05, 3.63) is 77.9 Å². The second-order valence-corrected chi connectivity index (χ2v) is 8.51. The molecule has 2 amide bonds. The third-order valence-corrected chi connectivity index (χ3v) is 6.38. The zero-order chi connectivity index (χ0) is 22.9. The molecular weight excluding hydrogens is 420 g/mol. The number of rotatable bonds is 5. The summed E-state index contributed by atoms with van der Waals surface area (Å²) < 4.78 is 5.52. The van der Waals surface area contributed by atoms with E-state index in [9.17, 15) is 19.5 Å². The van der Waals surface area contributed by atoms with Gasteiger partial charge in [0.05, 0.1) is 6.10 Å². The van der Waals surface area contributed by atoms with Crippen molar-refractivity contribution in [2.75, 3.05) is 13.2 Å². The Bertz CT molecular complexity index is 1230. The number of likely N-dealkylation sites (tertiary alicyclic amines) is 1. The predicted molar refractivity (Wildman–Crippen MR) is 122 cm³/mol. The lowest BCUT2D eigenvalue weighted by atomic mass is 10.0. The van der Waals surface area contributed by atoms with Crippen LogP contribution in [0.1, 0.15) is 22.3 Å². The van der Waals surface area contributed by atoms with Crippen LogP contribution in [0.15, 0.2) is 66.7 Å². The number of ether oxygens (including phenoxy) is 1. The van der Waals surface area contributed by atoms with E-state index in [1.54, 1.807) is 30.3 Å². The molecule has 3 unspecified atom stereocenters. The highest BCUT2D eigenvalue weighted by Gasteiger charge is 2.48. The summed E-state index contributed by atoms with van der Waals surface area (Å²) in [5.41, 5.74) is 1.18. The lowest BCUT2D eigenvalue weighted by Gasteiger charge is -2.28. The molecule has 7 heteroatoms. The van der Waals surface area contributed by atoms with Crippen LogP contribution < -0.4 is 5.32 Å². The topological polar surface area (TPSA) is 95.9 Å². The number of carbonyl (C=O) groups is 3. The Labute approximate surface area is 191 Å². The van der Waals surface area contributed by atoms with Crippen LogP contribution in [0.4, 0.5) is 0 Å². The first kappa shape index (κ1) is 21.2. The smallest absolute Gasteiger partial charge is 0.252 e. The fourth-order valence-corrected chi connectivity index (χ4v) is 4.82. The van der Waals surface area contributed by atoms with Crippen molar-refractivity contribution >= 4 is 28.4 Å². The summed E-state index contributed by atoms with van der Waals surface area (Å²) in [5.74, 6) is -0.713. The summed E-state index contributed by atoms with van der Waals surface area (Å²) in [7, 11) is 0. The minimum absolute atomic E-state index is 0.0126. The van der Waals surface area contributed by atoms with Crippen LogP contribution >= 0.6 is 0 Å². The van der Waals surface area contributed by atoms with Gasteiger partial charge in [0.2, 0.25) is 5.91 Å². The van der Waals surface area contributed by atoms with Gasteiger partial charge in [0, 0.05) is 18.5 Å². The van der Waals surface area contributed by atoms with Gasteiger partial charge in [-0.15, -0.1) is 0 Å². The number of benzene rings is 3. The minimum Gasteiger partial charge on any atom is -0.508 e. The molecule has 168 valence electrons. The molecule has 7 nitrogen and oxygen atoms in total. The lowest BCUT2D eigenvalue weighted by molar-refractivity contribution is -0.138. The fraction of sp³-hybridized carbons (Fsp3) is 0.269. The standard InChI is InChI=1S/C26H24N2O5/c29-18-8-3-5-16(13-18)14-21(26(32)28-12-11-23-24(28)22(30)15-33-23)27-25(31)20-10-4-7-17-6-1-2-9-19(17)20/h1-10,13,21,23-24,29H,11-12,14-15H2,(H,27,31). The Balaban J connectivity index is 1.45. The monoisotopic (exact) mass is 444 g/mol. The fourth-order valence-electron chi connectivity index (χ4n) is 4.82. The minimum atomic E-state index is -0.898. The number of nitrogens with zero attached hydrogens (tertiary/aromatic N) is 1. The van der Waals surface area contributed by atoms with E-state index in [-0.39, 0.29) is 42.5 Å².